The van der Waals surface area contributed by atoms with E-state index in [1.165, 1.54) is 5.56 Å². The van der Waals surface area contributed by atoms with Crippen LogP contribution >= 0.6 is 35.6 Å². The number of thiocarbonyl (C=S) groups is 1. The van der Waals surface area contributed by atoms with Crippen LogP contribution in [0.2, 0.25) is 5.02 Å². The van der Waals surface area contributed by atoms with Gasteiger partial charge in [-0.15, -0.1) is 11.8 Å². The molecule has 0 spiro atoms. The number of anilines is 1. The second-order valence-electron chi connectivity index (χ2n) is 4.70. The fourth-order valence-corrected chi connectivity index (χ4v) is 3.24. The molecule has 0 bridgehead atoms. The Bertz CT molecular complexity index is 641. The highest BCUT2D eigenvalue weighted by molar-refractivity contribution is 7.98. The SMILES string of the molecule is CSc1cccc(N(C)Cc2ccc(Cl)cc2)c1C(N)=S. The number of nitrogens with two attached hydrogens (primary N) is 1. The summed E-state index contributed by atoms with van der Waals surface area (Å²) < 4.78 is 0. The minimum atomic E-state index is 0.429. The molecule has 21 heavy (non-hydrogen) atoms. The van der Waals surface area contributed by atoms with Gasteiger partial charge in [0.1, 0.15) is 4.99 Å². The number of hydrogen-bond acceptors (Lipinski definition) is 3. The largest absolute Gasteiger partial charge is 0.389 e. The van der Waals surface area contributed by atoms with Crippen LogP contribution in [0.3, 0.4) is 0 Å². The predicted octanol–water partition coefficient (Wildman–Crippen LogP) is 4.33. The zero-order chi connectivity index (χ0) is 15.4. The molecule has 0 amide bonds. The van der Waals surface area contributed by atoms with Crippen LogP contribution in [0.1, 0.15) is 11.1 Å². The van der Waals surface area contributed by atoms with Gasteiger partial charge in [-0.05, 0) is 36.1 Å². The number of hydrogen-bond donors (Lipinski definition) is 1. The molecular weight excluding hydrogens is 320 g/mol. The summed E-state index contributed by atoms with van der Waals surface area (Å²) in [5.41, 5.74) is 9.09. The zero-order valence-corrected chi connectivity index (χ0v) is 14.4. The Hall–Kier alpha value is -1.23. The highest BCUT2D eigenvalue weighted by Gasteiger charge is 2.14. The molecule has 0 aliphatic heterocycles. The lowest BCUT2D eigenvalue weighted by Gasteiger charge is -2.23. The molecule has 0 saturated carbocycles. The Kier molecular flexibility index (Phi) is 5.51. The molecule has 110 valence electrons. The maximum Gasteiger partial charge on any atom is 0.107 e. The third-order valence-corrected chi connectivity index (χ3v) is 4.45. The summed E-state index contributed by atoms with van der Waals surface area (Å²) in [5.74, 6) is 0. The second-order valence-corrected chi connectivity index (χ2v) is 6.43. The van der Waals surface area contributed by atoms with E-state index in [1.807, 2.05) is 55.8 Å². The fraction of sp³-hybridized carbons (Fsp3) is 0.188. The van der Waals surface area contributed by atoms with Gasteiger partial charge in [0.05, 0.1) is 0 Å². The molecule has 0 aliphatic carbocycles. The van der Waals surface area contributed by atoms with Gasteiger partial charge in [0.15, 0.2) is 0 Å². The first kappa shape index (κ1) is 16.1. The highest BCUT2D eigenvalue weighted by atomic mass is 35.5. The van der Waals surface area contributed by atoms with Gasteiger partial charge in [0.2, 0.25) is 0 Å². The normalized spacial score (nSPS) is 10.4. The third-order valence-electron chi connectivity index (χ3n) is 3.21. The summed E-state index contributed by atoms with van der Waals surface area (Å²) in [6.07, 6.45) is 2.03. The number of benzene rings is 2. The van der Waals surface area contributed by atoms with Crippen molar-refractivity contribution in [2.75, 3.05) is 18.2 Å². The molecule has 0 atom stereocenters. The third kappa shape index (κ3) is 3.90. The van der Waals surface area contributed by atoms with Crippen LogP contribution in [0.4, 0.5) is 5.69 Å². The van der Waals surface area contributed by atoms with Gasteiger partial charge in [-0.3, -0.25) is 0 Å². The summed E-state index contributed by atoms with van der Waals surface area (Å²) in [6.45, 7) is 0.768. The molecule has 0 unspecified atom stereocenters. The summed E-state index contributed by atoms with van der Waals surface area (Å²) >= 11 is 12.8. The Morgan fingerprint density at radius 1 is 1.24 bits per heavy atom. The van der Waals surface area contributed by atoms with E-state index in [0.29, 0.717) is 4.99 Å². The molecule has 0 fully saturated rings. The van der Waals surface area contributed by atoms with Crippen LogP contribution in [0.15, 0.2) is 47.4 Å². The minimum Gasteiger partial charge on any atom is -0.389 e. The average molecular weight is 337 g/mol. The van der Waals surface area contributed by atoms with Crippen LogP contribution < -0.4 is 10.6 Å². The minimum absolute atomic E-state index is 0.429. The molecule has 0 aliphatic rings. The standard InChI is InChI=1S/C16H17ClN2S2/c1-19(10-11-6-8-12(17)9-7-11)13-4-3-5-14(21-2)15(13)16(18)20/h3-9H,10H2,1-2H3,(H2,18,20). The quantitative estimate of drug-likeness (QED) is 0.650. The highest BCUT2D eigenvalue weighted by Crippen LogP contribution is 2.30. The molecule has 2 nitrogen and oxygen atoms in total. The monoisotopic (exact) mass is 336 g/mol. The maximum atomic E-state index is 5.92. The van der Waals surface area contributed by atoms with Crippen molar-refractivity contribution >= 4 is 46.3 Å². The Labute approximate surface area is 140 Å². The number of halogens is 1. The molecule has 0 aromatic heterocycles. The van der Waals surface area contributed by atoms with E-state index in [0.717, 1.165) is 27.7 Å². The van der Waals surface area contributed by atoms with Crippen LogP contribution in [0, 0.1) is 0 Å². The number of rotatable bonds is 5. The zero-order valence-electron chi connectivity index (χ0n) is 12.0. The van der Waals surface area contributed by atoms with Gasteiger partial charge in [-0.1, -0.05) is 42.0 Å². The van der Waals surface area contributed by atoms with Crippen LogP contribution in [-0.4, -0.2) is 18.3 Å². The van der Waals surface area contributed by atoms with Crippen molar-refractivity contribution < 1.29 is 0 Å². The molecule has 0 radical (unpaired) electrons. The van der Waals surface area contributed by atoms with E-state index < -0.39 is 0 Å². The molecule has 0 heterocycles. The van der Waals surface area contributed by atoms with Crippen LogP contribution in [0.25, 0.3) is 0 Å². The Balaban J connectivity index is 2.32. The van der Waals surface area contributed by atoms with Crippen molar-refractivity contribution in [1.82, 2.24) is 0 Å². The maximum absolute atomic E-state index is 5.92. The topological polar surface area (TPSA) is 29.3 Å². The van der Waals surface area contributed by atoms with Crippen molar-refractivity contribution in [3.05, 3.63) is 58.6 Å². The summed E-state index contributed by atoms with van der Waals surface area (Å²) in [7, 11) is 2.04. The van der Waals surface area contributed by atoms with Gasteiger partial charge in [-0.2, -0.15) is 0 Å². The Morgan fingerprint density at radius 3 is 2.48 bits per heavy atom. The van der Waals surface area contributed by atoms with Crippen molar-refractivity contribution in [1.29, 1.82) is 0 Å². The average Bonchev–Trinajstić information content (AvgIpc) is 2.48. The smallest absolute Gasteiger partial charge is 0.107 e. The molecule has 2 aromatic rings. The first-order valence-electron chi connectivity index (χ1n) is 6.45. The first-order chi connectivity index (χ1) is 10.0. The van der Waals surface area contributed by atoms with Crippen molar-refractivity contribution in [3.63, 3.8) is 0 Å². The molecule has 2 N–H and O–H groups in total. The molecular formula is C16H17ClN2S2. The van der Waals surface area contributed by atoms with Gasteiger partial charge in [0, 0.05) is 34.8 Å². The molecule has 5 heteroatoms. The lowest BCUT2D eigenvalue weighted by atomic mass is 10.1. The second kappa shape index (κ2) is 7.16. The van der Waals surface area contributed by atoms with E-state index in [9.17, 15) is 0 Å². The van der Waals surface area contributed by atoms with Crippen molar-refractivity contribution in [3.8, 4) is 0 Å². The van der Waals surface area contributed by atoms with Gasteiger partial charge in [-0.25, -0.2) is 0 Å². The summed E-state index contributed by atoms with van der Waals surface area (Å²) in [5, 5.41) is 0.745. The summed E-state index contributed by atoms with van der Waals surface area (Å²) in [4.78, 5) is 3.68. The molecule has 2 rings (SSSR count). The van der Waals surface area contributed by atoms with Crippen molar-refractivity contribution in [2.24, 2.45) is 5.73 Å². The van der Waals surface area contributed by atoms with Gasteiger partial charge < -0.3 is 10.6 Å². The fourth-order valence-electron chi connectivity index (χ4n) is 2.20. The van der Waals surface area contributed by atoms with E-state index in [1.54, 1.807) is 11.8 Å². The summed E-state index contributed by atoms with van der Waals surface area (Å²) in [6, 6.07) is 14.0. The van der Waals surface area contributed by atoms with Gasteiger partial charge >= 0.3 is 0 Å². The predicted molar refractivity (Wildman–Crippen MR) is 97.7 cm³/mol. The van der Waals surface area contributed by atoms with E-state index in [-0.39, 0.29) is 0 Å². The first-order valence-corrected chi connectivity index (χ1v) is 8.46. The Morgan fingerprint density at radius 2 is 1.90 bits per heavy atom. The number of thioether (sulfide) groups is 1. The molecule has 2 aromatic carbocycles. The lowest BCUT2D eigenvalue weighted by molar-refractivity contribution is 0.919. The van der Waals surface area contributed by atoms with Crippen LogP contribution in [-0.2, 0) is 6.54 Å². The lowest BCUT2D eigenvalue weighted by Crippen LogP contribution is -2.22. The van der Waals surface area contributed by atoms with E-state index in [2.05, 4.69) is 4.90 Å². The molecule has 0 saturated heterocycles. The van der Waals surface area contributed by atoms with Crippen molar-refractivity contribution in [2.45, 2.75) is 11.4 Å². The number of nitrogens with zero attached hydrogens (tertiary/aromatic N) is 1. The van der Waals surface area contributed by atoms with E-state index >= 15 is 0 Å². The van der Waals surface area contributed by atoms with E-state index in [4.69, 9.17) is 29.6 Å². The van der Waals surface area contributed by atoms with Gasteiger partial charge in [0.25, 0.3) is 0 Å². The van der Waals surface area contributed by atoms with Crippen LogP contribution in [0.5, 0.6) is 0 Å².